The molecule has 3 heterocycles. The van der Waals surface area contributed by atoms with Crippen LogP contribution in [0.4, 0.5) is 0 Å². The zero-order valence-corrected chi connectivity index (χ0v) is 13.8. The van der Waals surface area contributed by atoms with Gasteiger partial charge in [0.25, 0.3) is 0 Å². The molecule has 0 bridgehead atoms. The molecule has 3 rings (SSSR count). The molecule has 1 saturated heterocycles. The Bertz CT molecular complexity index is 622. The van der Waals surface area contributed by atoms with Crippen molar-refractivity contribution < 1.29 is 14.0 Å². The van der Waals surface area contributed by atoms with E-state index in [-0.39, 0.29) is 6.10 Å². The van der Waals surface area contributed by atoms with Gasteiger partial charge in [-0.15, -0.1) is 0 Å². The first-order valence-electron chi connectivity index (χ1n) is 7.82. The van der Waals surface area contributed by atoms with Crippen molar-refractivity contribution in [3.05, 3.63) is 29.4 Å². The van der Waals surface area contributed by atoms with Gasteiger partial charge in [0.2, 0.25) is 0 Å². The van der Waals surface area contributed by atoms with Crippen molar-refractivity contribution in [1.29, 1.82) is 0 Å². The number of piperidine rings is 1. The molecule has 1 aliphatic rings. The zero-order valence-electron chi connectivity index (χ0n) is 13.8. The number of ether oxygens (including phenoxy) is 2. The van der Waals surface area contributed by atoms with E-state index >= 15 is 0 Å². The quantitative estimate of drug-likeness (QED) is 0.836. The molecule has 0 amide bonds. The van der Waals surface area contributed by atoms with Gasteiger partial charge in [-0.25, -0.2) is 0 Å². The van der Waals surface area contributed by atoms with Crippen molar-refractivity contribution in [3.63, 3.8) is 0 Å². The molecule has 7 nitrogen and oxygen atoms in total. The molecule has 0 radical (unpaired) electrons. The number of aromatic nitrogens is 3. The Labute approximate surface area is 135 Å². The largest absolute Gasteiger partial charge is 0.494 e. The maximum Gasteiger partial charge on any atom is 0.316 e. The number of rotatable bonds is 5. The van der Waals surface area contributed by atoms with Crippen LogP contribution in [0.25, 0.3) is 0 Å². The highest BCUT2D eigenvalue weighted by molar-refractivity contribution is 5.20. The average molecular weight is 318 g/mol. The molecule has 0 N–H and O–H groups in total. The molecule has 0 aliphatic carbocycles. The molecule has 0 saturated carbocycles. The van der Waals surface area contributed by atoms with Gasteiger partial charge in [-0.05, 0) is 33.2 Å². The van der Waals surface area contributed by atoms with Crippen LogP contribution in [0.5, 0.6) is 11.8 Å². The zero-order chi connectivity index (χ0) is 16.2. The van der Waals surface area contributed by atoms with Crippen molar-refractivity contribution in [2.24, 2.45) is 0 Å². The first-order valence-corrected chi connectivity index (χ1v) is 7.82. The van der Waals surface area contributed by atoms with Crippen LogP contribution in [0.15, 0.2) is 16.9 Å². The Kier molecular flexibility index (Phi) is 4.76. The summed E-state index contributed by atoms with van der Waals surface area (Å²) in [6.45, 7) is 6.67. The maximum absolute atomic E-state index is 5.91. The van der Waals surface area contributed by atoms with Crippen LogP contribution < -0.4 is 9.47 Å². The Balaban J connectivity index is 1.59. The van der Waals surface area contributed by atoms with Gasteiger partial charge < -0.3 is 14.0 Å². The molecule has 124 valence electrons. The highest BCUT2D eigenvalue weighted by Gasteiger charge is 2.24. The lowest BCUT2D eigenvalue weighted by Gasteiger charge is -2.32. The van der Waals surface area contributed by atoms with Gasteiger partial charge in [0, 0.05) is 18.7 Å². The van der Waals surface area contributed by atoms with Crippen molar-refractivity contribution >= 4 is 0 Å². The van der Waals surface area contributed by atoms with E-state index < -0.39 is 0 Å². The second kappa shape index (κ2) is 6.95. The molecule has 1 aliphatic heterocycles. The van der Waals surface area contributed by atoms with Crippen molar-refractivity contribution in [2.75, 3.05) is 20.2 Å². The molecule has 2 aromatic heterocycles. The van der Waals surface area contributed by atoms with E-state index in [0.717, 1.165) is 43.9 Å². The van der Waals surface area contributed by atoms with Gasteiger partial charge in [-0.3, -0.25) is 4.90 Å². The molecule has 1 atom stereocenters. The smallest absolute Gasteiger partial charge is 0.316 e. The molecule has 0 aromatic carbocycles. The predicted octanol–water partition coefficient (Wildman–Crippen LogP) is 2.13. The van der Waals surface area contributed by atoms with Crippen molar-refractivity contribution in [1.82, 2.24) is 20.0 Å². The summed E-state index contributed by atoms with van der Waals surface area (Å²) in [4.78, 5) is 10.7. The Hall–Kier alpha value is -2.15. The van der Waals surface area contributed by atoms with Crippen LogP contribution in [0.2, 0.25) is 0 Å². The normalized spacial score (nSPS) is 18.8. The topological polar surface area (TPSA) is 73.5 Å². The summed E-state index contributed by atoms with van der Waals surface area (Å²) in [7, 11) is 1.59. The van der Waals surface area contributed by atoms with E-state index in [1.165, 1.54) is 5.56 Å². The molecule has 7 heteroatoms. The van der Waals surface area contributed by atoms with Gasteiger partial charge in [0.05, 0.1) is 25.2 Å². The highest BCUT2D eigenvalue weighted by Crippen LogP contribution is 2.21. The van der Waals surface area contributed by atoms with Gasteiger partial charge in [0.15, 0.2) is 5.75 Å². The predicted molar refractivity (Wildman–Crippen MR) is 83.5 cm³/mol. The highest BCUT2D eigenvalue weighted by atomic mass is 16.5. The van der Waals surface area contributed by atoms with E-state index in [9.17, 15) is 0 Å². The van der Waals surface area contributed by atoms with Crippen molar-refractivity contribution in [3.8, 4) is 11.8 Å². The fourth-order valence-electron chi connectivity index (χ4n) is 2.82. The maximum atomic E-state index is 5.91. The van der Waals surface area contributed by atoms with E-state index in [1.54, 1.807) is 19.5 Å². The lowest BCUT2D eigenvalue weighted by Crippen LogP contribution is -2.41. The molecule has 1 fully saturated rings. The third-order valence-electron chi connectivity index (χ3n) is 4.14. The summed E-state index contributed by atoms with van der Waals surface area (Å²) in [6, 6.07) is 0.398. The molecular weight excluding hydrogens is 296 g/mol. The lowest BCUT2D eigenvalue weighted by atomic mass is 10.1. The fraction of sp³-hybridized carbons (Fsp3) is 0.562. The Morgan fingerprint density at radius 3 is 2.74 bits per heavy atom. The molecule has 2 aromatic rings. The fourth-order valence-corrected chi connectivity index (χ4v) is 2.82. The Morgan fingerprint density at radius 1 is 1.30 bits per heavy atom. The third-order valence-corrected chi connectivity index (χ3v) is 4.14. The first kappa shape index (κ1) is 15.7. The number of likely N-dealkylation sites (tertiary alicyclic amines) is 1. The van der Waals surface area contributed by atoms with E-state index in [2.05, 4.69) is 20.0 Å². The van der Waals surface area contributed by atoms with Crippen LogP contribution in [0, 0.1) is 13.8 Å². The van der Waals surface area contributed by atoms with Crippen LogP contribution in [-0.4, -0.2) is 46.3 Å². The van der Waals surface area contributed by atoms with E-state index in [0.29, 0.717) is 11.8 Å². The van der Waals surface area contributed by atoms with E-state index in [1.807, 2.05) is 13.8 Å². The van der Waals surface area contributed by atoms with Gasteiger partial charge in [0.1, 0.15) is 11.9 Å². The summed E-state index contributed by atoms with van der Waals surface area (Å²) in [5.74, 6) is 1.52. The van der Waals surface area contributed by atoms with E-state index in [4.69, 9.17) is 14.0 Å². The van der Waals surface area contributed by atoms with Crippen LogP contribution in [-0.2, 0) is 6.54 Å². The minimum Gasteiger partial charge on any atom is -0.494 e. The number of nitrogens with zero attached hydrogens (tertiary/aromatic N) is 4. The second-order valence-electron chi connectivity index (χ2n) is 5.83. The third kappa shape index (κ3) is 3.79. The van der Waals surface area contributed by atoms with Crippen LogP contribution in [0.3, 0.4) is 0 Å². The van der Waals surface area contributed by atoms with Crippen LogP contribution >= 0.6 is 0 Å². The summed E-state index contributed by atoms with van der Waals surface area (Å²) >= 11 is 0. The summed E-state index contributed by atoms with van der Waals surface area (Å²) in [5, 5.41) is 4.02. The standard InChI is InChI=1S/C16H22N4O3/c1-11-15(12(2)23-19-11)10-20-6-4-5-13(9-20)22-16-17-7-14(21-3)8-18-16/h7-8,13H,4-6,9-10H2,1-3H3. The summed E-state index contributed by atoms with van der Waals surface area (Å²) in [5.41, 5.74) is 2.13. The van der Waals surface area contributed by atoms with Gasteiger partial charge in [-0.2, -0.15) is 9.97 Å². The summed E-state index contributed by atoms with van der Waals surface area (Å²) < 4.78 is 16.2. The van der Waals surface area contributed by atoms with Crippen LogP contribution in [0.1, 0.15) is 29.9 Å². The molecule has 23 heavy (non-hydrogen) atoms. The van der Waals surface area contributed by atoms with Gasteiger partial charge in [-0.1, -0.05) is 5.16 Å². The molecular formula is C16H22N4O3. The molecule has 0 spiro atoms. The number of hydrogen-bond donors (Lipinski definition) is 0. The van der Waals surface area contributed by atoms with Gasteiger partial charge >= 0.3 is 6.01 Å². The molecule has 1 unspecified atom stereocenters. The first-order chi connectivity index (χ1) is 11.2. The summed E-state index contributed by atoms with van der Waals surface area (Å²) in [6.07, 6.45) is 5.43. The average Bonchev–Trinajstić information content (AvgIpc) is 2.88. The number of methoxy groups -OCH3 is 1. The van der Waals surface area contributed by atoms with Crippen molar-refractivity contribution in [2.45, 2.75) is 39.3 Å². The number of hydrogen-bond acceptors (Lipinski definition) is 7. The minimum atomic E-state index is 0.0950. The monoisotopic (exact) mass is 318 g/mol. The SMILES string of the molecule is COc1cnc(OC2CCCN(Cc3c(C)noc3C)C2)nc1. The second-order valence-corrected chi connectivity index (χ2v) is 5.83. The lowest BCUT2D eigenvalue weighted by molar-refractivity contribution is 0.0766. The minimum absolute atomic E-state index is 0.0950. The number of aryl methyl sites for hydroxylation is 2. The Morgan fingerprint density at radius 2 is 2.09 bits per heavy atom.